The van der Waals surface area contributed by atoms with Gasteiger partial charge in [-0.15, -0.1) is 0 Å². The Balaban J connectivity index is 2.58. The van der Waals surface area contributed by atoms with Gasteiger partial charge in [0.1, 0.15) is 5.75 Å². The molecule has 0 unspecified atom stereocenters. The molecule has 102 valence electrons. The molecule has 4 heteroatoms. The highest BCUT2D eigenvalue weighted by Crippen LogP contribution is 2.34. The first-order valence-electron chi connectivity index (χ1n) is 6.21. The Labute approximate surface area is 112 Å². The largest absolute Gasteiger partial charge is 0.496 e. The van der Waals surface area contributed by atoms with Gasteiger partial charge in [0.2, 0.25) is 0 Å². The fourth-order valence-electron chi connectivity index (χ4n) is 2.36. The molecule has 19 heavy (non-hydrogen) atoms. The number of fused-ring (bicyclic) bond motifs is 1. The molecular weight excluding hydrogens is 242 g/mol. The van der Waals surface area contributed by atoms with Crippen molar-refractivity contribution in [3.63, 3.8) is 0 Å². The maximum atomic E-state index is 11.3. The Morgan fingerprint density at radius 2 is 2.11 bits per heavy atom. The minimum atomic E-state index is -0.796. The summed E-state index contributed by atoms with van der Waals surface area (Å²) >= 11 is 0. The molecule has 1 aromatic heterocycles. The van der Waals surface area contributed by atoms with Gasteiger partial charge in [0.05, 0.1) is 18.0 Å². The number of rotatable bonds is 4. The zero-order valence-electron chi connectivity index (χ0n) is 11.7. The van der Waals surface area contributed by atoms with E-state index in [0.29, 0.717) is 6.42 Å². The Morgan fingerprint density at radius 3 is 2.68 bits per heavy atom. The van der Waals surface area contributed by atoms with Crippen molar-refractivity contribution < 1.29 is 14.6 Å². The summed E-state index contributed by atoms with van der Waals surface area (Å²) in [5, 5.41) is 10.3. The smallest absolute Gasteiger partial charge is 0.309 e. The van der Waals surface area contributed by atoms with Crippen molar-refractivity contribution in [2.24, 2.45) is 12.5 Å². The van der Waals surface area contributed by atoms with Crippen LogP contribution in [0.2, 0.25) is 0 Å². The SMILES string of the molecule is COc1cccc2c1c(CC(C)(C)C(=O)O)cn2C. The van der Waals surface area contributed by atoms with Crippen LogP contribution in [0.1, 0.15) is 19.4 Å². The van der Waals surface area contributed by atoms with Gasteiger partial charge in [-0.05, 0) is 38.0 Å². The van der Waals surface area contributed by atoms with Gasteiger partial charge < -0.3 is 14.4 Å². The summed E-state index contributed by atoms with van der Waals surface area (Å²) < 4.78 is 7.40. The molecule has 0 radical (unpaired) electrons. The van der Waals surface area contributed by atoms with Crippen LogP contribution in [0.3, 0.4) is 0 Å². The van der Waals surface area contributed by atoms with Crippen LogP contribution >= 0.6 is 0 Å². The number of aryl methyl sites for hydroxylation is 1. The number of carbonyl (C=O) groups is 1. The van der Waals surface area contributed by atoms with Crippen LogP contribution in [0.4, 0.5) is 0 Å². The molecule has 4 nitrogen and oxygen atoms in total. The monoisotopic (exact) mass is 261 g/mol. The van der Waals surface area contributed by atoms with E-state index in [-0.39, 0.29) is 0 Å². The molecular formula is C15H19NO3. The third-order valence-electron chi connectivity index (χ3n) is 3.49. The van der Waals surface area contributed by atoms with Crippen LogP contribution in [0.15, 0.2) is 24.4 Å². The molecule has 1 aromatic carbocycles. The lowest BCUT2D eigenvalue weighted by atomic mass is 9.86. The summed E-state index contributed by atoms with van der Waals surface area (Å²) in [6.07, 6.45) is 2.46. The highest BCUT2D eigenvalue weighted by atomic mass is 16.5. The van der Waals surface area contributed by atoms with Crippen molar-refractivity contribution in [3.05, 3.63) is 30.0 Å². The van der Waals surface area contributed by atoms with E-state index in [4.69, 9.17) is 4.74 Å². The van der Waals surface area contributed by atoms with Crippen LogP contribution in [-0.2, 0) is 18.3 Å². The standard InChI is InChI=1S/C15H19NO3/c1-15(2,14(17)18)8-10-9-16(3)11-6-5-7-12(19-4)13(10)11/h5-7,9H,8H2,1-4H3,(H,17,18). The zero-order valence-corrected chi connectivity index (χ0v) is 11.7. The molecule has 0 fully saturated rings. The Hall–Kier alpha value is -1.97. The third kappa shape index (κ3) is 2.30. The first-order chi connectivity index (χ1) is 8.86. The second kappa shape index (κ2) is 4.61. The van der Waals surface area contributed by atoms with Gasteiger partial charge in [-0.2, -0.15) is 0 Å². The number of aliphatic carboxylic acids is 1. The molecule has 0 amide bonds. The summed E-state index contributed by atoms with van der Waals surface area (Å²) in [5.74, 6) is -0.00584. The predicted octanol–water partition coefficient (Wildman–Crippen LogP) is 2.84. The van der Waals surface area contributed by atoms with Gasteiger partial charge in [-0.25, -0.2) is 0 Å². The van der Waals surface area contributed by atoms with Crippen molar-refractivity contribution in [2.75, 3.05) is 7.11 Å². The topological polar surface area (TPSA) is 51.5 Å². The second-order valence-electron chi connectivity index (χ2n) is 5.49. The molecule has 0 aliphatic heterocycles. The normalized spacial score (nSPS) is 11.8. The van der Waals surface area contributed by atoms with Gasteiger partial charge in [-0.1, -0.05) is 6.07 Å². The van der Waals surface area contributed by atoms with Crippen LogP contribution in [-0.4, -0.2) is 22.8 Å². The van der Waals surface area contributed by atoms with Gasteiger partial charge in [-0.3, -0.25) is 4.79 Å². The summed E-state index contributed by atoms with van der Waals surface area (Å²) in [6, 6.07) is 5.85. The fraction of sp³-hybridized carbons (Fsp3) is 0.400. The summed E-state index contributed by atoms with van der Waals surface area (Å²) in [7, 11) is 3.59. The number of carboxylic acid groups (broad SMARTS) is 1. The Bertz CT molecular complexity index is 626. The molecule has 0 aliphatic rings. The predicted molar refractivity (Wildman–Crippen MR) is 74.6 cm³/mol. The maximum Gasteiger partial charge on any atom is 0.309 e. The van der Waals surface area contributed by atoms with Crippen LogP contribution in [0.5, 0.6) is 5.75 Å². The van der Waals surface area contributed by atoms with Gasteiger partial charge >= 0.3 is 5.97 Å². The van der Waals surface area contributed by atoms with Crippen molar-refractivity contribution in [3.8, 4) is 5.75 Å². The lowest BCUT2D eigenvalue weighted by molar-refractivity contribution is -0.146. The van der Waals surface area contributed by atoms with E-state index < -0.39 is 11.4 Å². The molecule has 0 spiro atoms. The number of hydrogen-bond acceptors (Lipinski definition) is 2. The maximum absolute atomic E-state index is 11.3. The van der Waals surface area contributed by atoms with E-state index in [1.807, 2.05) is 36.0 Å². The number of nitrogens with zero attached hydrogens (tertiary/aromatic N) is 1. The molecule has 1 N–H and O–H groups in total. The quantitative estimate of drug-likeness (QED) is 0.920. The van der Waals surface area contributed by atoms with Gasteiger partial charge in [0, 0.05) is 18.6 Å². The molecule has 1 heterocycles. The minimum absolute atomic E-state index is 0.472. The molecule has 0 atom stereocenters. The number of ether oxygens (including phenoxy) is 1. The first kappa shape index (κ1) is 13.5. The Kier molecular flexibility index (Phi) is 3.27. The fourth-order valence-corrected chi connectivity index (χ4v) is 2.36. The number of hydrogen-bond donors (Lipinski definition) is 1. The molecule has 0 saturated heterocycles. The zero-order chi connectivity index (χ0) is 14.2. The van der Waals surface area contributed by atoms with Crippen molar-refractivity contribution >= 4 is 16.9 Å². The molecule has 2 rings (SSSR count). The number of benzene rings is 1. The second-order valence-corrected chi connectivity index (χ2v) is 5.49. The van der Waals surface area contributed by atoms with E-state index in [9.17, 15) is 9.90 Å². The Morgan fingerprint density at radius 1 is 1.42 bits per heavy atom. The lowest BCUT2D eigenvalue weighted by Gasteiger charge is -2.18. The number of aromatic nitrogens is 1. The van der Waals surface area contributed by atoms with Crippen LogP contribution in [0, 0.1) is 5.41 Å². The highest BCUT2D eigenvalue weighted by molar-refractivity contribution is 5.90. The van der Waals surface area contributed by atoms with Crippen molar-refractivity contribution in [1.29, 1.82) is 0 Å². The lowest BCUT2D eigenvalue weighted by Crippen LogP contribution is -2.26. The highest BCUT2D eigenvalue weighted by Gasteiger charge is 2.29. The minimum Gasteiger partial charge on any atom is -0.496 e. The molecule has 2 aromatic rings. The number of methoxy groups -OCH3 is 1. The van der Waals surface area contributed by atoms with Crippen molar-refractivity contribution in [1.82, 2.24) is 4.57 Å². The van der Waals surface area contributed by atoms with Gasteiger partial charge in [0.15, 0.2) is 0 Å². The summed E-state index contributed by atoms with van der Waals surface area (Å²) in [5.41, 5.74) is 1.26. The summed E-state index contributed by atoms with van der Waals surface area (Å²) in [6.45, 7) is 3.48. The number of carboxylic acids is 1. The van der Waals surface area contributed by atoms with E-state index in [1.54, 1.807) is 21.0 Å². The average Bonchev–Trinajstić information content (AvgIpc) is 2.65. The molecule has 0 bridgehead atoms. The van der Waals surface area contributed by atoms with Crippen LogP contribution in [0.25, 0.3) is 10.9 Å². The molecule has 0 saturated carbocycles. The first-order valence-corrected chi connectivity index (χ1v) is 6.21. The van der Waals surface area contributed by atoms with Crippen molar-refractivity contribution in [2.45, 2.75) is 20.3 Å². The summed E-state index contributed by atoms with van der Waals surface area (Å²) in [4.78, 5) is 11.3. The van der Waals surface area contributed by atoms with E-state index in [1.165, 1.54) is 0 Å². The van der Waals surface area contributed by atoms with E-state index >= 15 is 0 Å². The van der Waals surface area contributed by atoms with E-state index in [2.05, 4.69) is 0 Å². The van der Waals surface area contributed by atoms with Gasteiger partial charge in [0.25, 0.3) is 0 Å². The average molecular weight is 261 g/mol. The third-order valence-corrected chi connectivity index (χ3v) is 3.49. The van der Waals surface area contributed by atoms with Crippen LogP contribution < -0.4 is 4.74 Å². The van der Waals surface area contributed by atoms with E-state index in [0.717, 1.165) is 22.2 Å². The molecule has 0 aliphatic carbocycles.